The number of aliphatic hydroxyl groups excluding tert-OH is 1. The van der Waals surface area contributed by atoms with Crippen LogP contribution in [0.4, 0.5) is 5.82 Å². The number of phosphoric acid groups is 2. The van der Waals surface area contributed by atoms with Gasteiger partial charge in [-0.15, -0.1) is 0 Å². The fourth-order valence-electron chi connectivity index (χ4n) is 2.72. The first-order valence-electron chi connectivity index (χ1n) is 8.06. The number of nitrogens with zero attached hydrogens (tertiary/aromatic N) is 4. The number of rotatable bonds is 8. The summed E-state index contributed by atoms with van der Waals surface area (Å²) in [6, 6.07) is 0. The van der Waals surface area contributed by atoms with Crippen molar-refractivity contribution < 1.29 is 51.4 Å². The van der Waals surface area contributed by atoms with Crippen LogP contribution in [0.15, 0.2) is 12.7 Å². The Morgan fingerprint density at radius 1 is 1.23 bits per heavy atom. The molecule has 3 heterocycles. The van der Waals surface area contributed by atoms with Gasteiger partial charge in [0.2, 0.25) is 0 Å². The van der Waals surface area contributed by atoms with Gasteiger partial charge in [-0.25, -0.2) is 28.4 Å². The van der Waals surface area contributed by atoms with Crippen molar-refractivity contribution in [2.24, 2.45) is 0 Å². The highest BCUT2D eigenvalue weighted by molar-refractivity contribution is 7.68. The van der Waals surface area contributed by atoms with Crippen molar-refractivity contribution in [1.82, 2.24) is 19.5 Å². The van der Waals surface area contributed by atoms with Gasteiger partial charge in [0.15, 0.2) is 17.7 Å². The van der Waals surface area contributed by atoms with E-state index in [1.165, 1.54) is 17.2 Å². The Morgan fingerprint density at radius 3 is 2.60 bits per heavy atom. The Morgan fingerprint density at radius 2 is 1.93 bits per heavy atom. The zero-order valence-corrected chi connectivity index (χ0v) is 17.8. The molecule has 5 atom stereocenters. The lowest BCUT2D eigenvalue weighted by Gasteiger charge is -2.20. The zero-order valence-electron chi connectivity index (χ0n) is 15.2. The highest BCUT2D eigenvalue weighted by Gasteiger charge is 2.41. The molecule has 16 nitrogen and oxygen atoms in total. The fourth-order valence-corrected chi connectivity index (χ4v) is 6.31. The molecule has 168 valence electrons. The Hall–Kier alpha value is -1.28. The van der Waals surface area contributed by atoms with Gasteiger partial charge in [0, 0.05) is 13.1 Å². The molecule has 30 heavy (non-hydrogen) atoms. The average Bonchev–Trinajstić information content (AvgIpc) is 3.13. The fraction of sp³-hybridized carbons (Fsp3) is 0.545. The maximum absolute atomic E-state index is 12.2. The monoisotopic (exact) mass is 489 g/mol. The van der Waals surface area contributed by atoms with Gasteiger partial charge < -0.3 is 34.8 Å². The lowest BCUT2D eigenvalue weighted by atomic mass is 10.2. The van der Waals surface area contributed by atoms with Crippen LogP contribution in [0.5, 0.6) is 0 Å². The molecule has 19 heteroatoms. The summed E-state index contributed by atoms with van der Waals surface area (Å²) in [6.07, 6.45) is -0.194. The predicted molar refractivity (Wildman–Crippen MR) is 97.8 cm³/mol. The smallest absolute Gasteiger partial charge is 0.388 e. The predicted octanol–water partition coefficient (Wildman–Crippen LogP) is 0.123. The molecule has 0 aliphatic carbocycles. The molecule has 6 N–H and O–H groups in total. The van der Waals surface area contributed by atoms with E-state index in [0.717, 1.165) is 6.66 Å². The third-order valence-corrected chi connectivity index (χ3v) is 8.09. The summed E-state index contributed by atoms with van der Waals surface area (Å²) >= 11 is 0. The van der Waals surface area contributed by atoms with E-state index in [2.05, 4.69) is 23.6 Å². The molecular formula is C11H18N5O11P3. The maximum Gasteiger partial charge on any atom is 0.488 e. The molecular weight excluding hydrogens is 471 g/mol. The lowest BCUT2D eigenvalue weighted by Crippen LogP contribution is -2.19. The van der Waals surface area contributed by atoms with Crippen molar-refractivity contribution >= 4 is 40.2 Å². The molecule has 0 spiro atoms. The number of aliphatic hydroxyl groups is 1. The first-order valence-corrected chi connectivity index (χ1v) is 13.1. The number of nitrogens with two attached hydrogens (primary N) is 1. The van der Waals surface area contributed by atoms with E-state index in [1.54, 1.807) is 0 Å². The summed E-state index contributed by atoms with van der Waals surface area (Å²) in [5, 5.41) is 10.3. The molecule has 2 unspecified atom stereocenters. The zero-order chi connectivity index (χ0) is 22.3. The average molecular weight is 489 g/mol. The maximum atomic E-state index is 12.2. The van der Waals surface area contributed by atoms with Crippen LogP contribution in [0.25, 0.3) is 11.2 Å². The summed E-state index contributed by atoms with van der Waals surface area (Å²) < 4.78 is 54.2. The van der Waals surface area contributed by atoms with Gasteiger partial charge in [-0.05, 0) is 0 Å². The topological polar surface area (TPSA) is 239 Å². The first-order chi connectivity index (χ1) is 13.8. The largest absolute Gasteiger partial charge is 0.488 e. The van der Waals surface area contributed by atoms with Gasteiger partial charge in [-0.3, -0.25) is 9.13 Å². The molecule has 1 aliphatic heterocycles. The van der Waals surface area contributed by atoms with Crippen LogP contribution in [-0.2, 0) is 31.6 Å². The summed E-state index contributed by atoms with van der Waals surface area (Å²) in [6.45, 7) is 0.353. The lowest BCUT2D eigenvalue weighted by molar-refractivity contribution is -0.0464. The normalized spacial score (nSPS) is 26.5. The number of nitrogen functional groups attached to an aromatic ring is 1. The number of fused-ring (bicyclic) bond motifs is 1. The second-order valence-electron chi connectivity index (χ2n) is 6.22. The minimum absolute atomic E-state index is 0.0284. The number of anilines is 1. The van der Waals surface area contributed by atoms with E-state index < -0.39 is 48.3 Å². The van der Waals surface area contributed by atoms with Gasteiger partial charge in [0.25, 0.3) is 0 Å². The molecule has 1 fully saturated rings. The van der Waals surface area contributed by atoms with Crippen molar-refractivity contribution in [2.75, 3.05) is 19.0 Å². The minimum atomic E-state index is -5.38. The van der Waals surface area contributed by atoms with Gasteiger partial charge >= 0.3 is 23.2 Å². The Kier molecular flexibility index (Phi) is 6.50. The summed E-state index contributed by atoms with van der Waals surface area (Å²) in [4.78, 5) is 38.3. The number of imidazole rings is 1. The van der Waals surface area contributed by atoms with Gasteiger partial charge in [-0.1, -0.05) is 0 Å². The van der Waals surface area contributed by atoms with Crippen molar-refractivity contribution in [1.29, 1.82) is 0 Å². The van der Waals surface area contributed by atoms with Crippen molar-refractivity contribution in [3.63, 3.8) is 0 Å². The van der Waals surface area contributed by atoms with E-state index in [9.17, 15) is 23.7 Å². The molecule has 2 aromatic rings. The van der Waals surface area contributed by atoms with E-state index >= 15 is 0 Å². The van der Waals surface area contributed by atoms with Crippen LogP contribution in [-0.4, -0.2) is 64.8 Å². The summed E-state index contributed by atoms with van der Waals surface area (Å²) in [7, 11) is -15.1. The van der Waals surface area contributed by atoms with Crippen molar-refractivity contribution in [3.8, 4) is 0 Å². The van der Waals surface area contributed by atoms with Crippen LogP contribution in [0.1, 0.15) is 12.6 Å². The highest BCUT2D eigenvalue weighted by Crippen LogP contribution is 2.66. The number of aromatic nitrogens is 4. The van der Waals surface area contributed by atoms with E-state index in [0.29, 0.717) is 11.2 Å². The van der Waals surface area contributed by atoms with Crippen molar-refractivity contribution in [3.05, 3.63) is 12.7 Å². The molecule has 0 saturated carbocycles. The van der Waals surface area contributed by atoms with Crippen LogP contribution in [0, 0.1) is 0 Å². The number of hydrogen-bond acceptors (Lipinski definition) is 12. The third-order valence-electron chi connectivity index (χ3n) is 3.78. The number of ether oxygens (including phenoxy) is 1. The van der Waals surface area contributed by atoms with Crippen LogP contribution in [0.3, 0.4) is 0 Å². The summed E-state index contributed by atoms with van der Waals surface area (Å²) in [5.74, 6) is 0.140. The van der Waals surface area contributed by atoms with Gasteiger partial charge in [-0.2, -0.15) is 4.31 Å². The molecule has 1 aliphatic rings. The number of hydrogen-bond donors (Lipinski definition) is 5. The standard InChI is InChI=1S/C11H18N5O11P3/c1-28(18,26-30(22,23)27-29(19,20)21)24-3-6-2-7(17)11(25-6)16-5-15-8-9(12)13-4-14-10(8)16/h4-7,11,17H,2-3H2,1H3,(H,22,23)(H2,12,13,14)(H2,19,20,21)/t6-,7+,11+,28?/m0/s1. The Balaban J connectivity index is 1.63. The van der Waals surface area contributed by atoms with E-state index in [-0.39, 0.29) is 12.2 Å². The second kappa shape index (κ2) is 8.34. The molecule has 3 rings (SSSR count). The van der Waals surface area contributed by atoms with Gasteiger partial charge in [0.1, 0.15) is 17.9 Å². The molecule has 0 bridgehead atoms. The molecule has 0 radical (unpaired) electrons. The quantitative estimate of drug-likeness (QED) is 0.309. The molecule has 1 saturated heterocycles. The highest BCUT2D eigenvalue weighted by atomic mass is 31.3. The third kappa shape index (κ3) is 5.69. The Bertz CT molecular complexity index is 1070. The molecule has 0 aromatic carbocycles. The van der Waals surface area contributed by atoms with E-state index in [4.69, 9.17) is 24.8 Å². The van der Waals surface area contributed by atoms with Crippen LogP contribution >= 0.6 is 23.2 Å². The van der Waals surface area contributed by atoms with Gasteiger partial charge in [0.05, 0.1) is 19.0 Å². The summed E-state index contributed by atoms with van der Waals surface area (Å²) in [5.41, 5.74) is 6.34. The molecule has 2 aromatic heterocycles. The van der Waals surface area contributed by atoms with Crippen LogP contribution < -0.4 is 5.73 Å². The Labute approximate surface area is 168 Å². The molecule has 0 amide bonds. The SMILES string of the molecule is CP(=O)(OC[C@@H]1C[C@@H](O)[C@H](n2cnc3c(N)ncnc32)O1)OP(=O)(O)OP(=O)(O)O. The van der Waals surface area contributed by atoms with E-state index in [1.807, 2.05) is 0 Å². The second-order valence-corrected chi connectivity index (χ2v) is 11.2. The minimum Gasteiger partial charge on any atom is -0.388 e. The van der Waals surface area contributed by atoms with Crippen LogP contribution in [0.2, 0.25) is 0 Å². The van der Waals surface area contributed by atoms with Crippen molar-refractivity contribution in [2.45, 2.75) is 24.9 Å². The first kappa shape index (κ1) is 23.4.